The molecule has 2 N–H and O–H groups in total. The van der Waals surface area contributed by atoms with E-state index in [1.54, 1.807) is 0 Å². The van der Waals surface area contributed by atoms with E-state index in [-0.39, 0.29) is 6.07 Å². The molecule has 1 aromatic carbocycles. The van der Waals surface area contributed by atoms with Crippen molar-refractivity contribution in [2.24, 2.45) is 0 Å². The first-order valence-corrected chi connectivity index (χ1v) is 4.22. The van der Waals surface area contributed by atoms with E-state index in [9.17, 15) is 40.5 Å². The van der Waals surface area contributed by atoms with Gasteiger partial charge in [0.25, 0.3) is 0 Å². The molecule has 0 radical (unpaired) electrons. The number of anilines is 1. The molecule has 0 amide bonds. The topological polar surface area (TPSA) is 199 Å². The molecule has 0 aliphatic rings. The maximum absolute atomic E-state index is 10.6. The van der Waals surface area contributed by atoms with Crippen LogP contribution in [0, 0.1) is 40.5 Å². The van der Waals surface area contributed by atoms with Crippen LogP contribution in [0.15, 0.2) is 6.07 Å². The number of nitrogen functional groups attached to an aromatic ring is 1. The third kappa shape index (κ3) is 2.19. The molecule has 1 rings (SSSR count). The maximum atomic E-state index is 10.6. The standard InChI is InChI=1S/C6H3N5O8/c7-4-5(10(16)17)2(8(12)13)1-3(9(14)15)6(4)11(18)19/h1H,7H2. The highest BCUT2D eigenvalue weighted by atomic mass is 16.6. The summed E-state index contributed by atoms with van der Waals surface area (Å²) < 4.78 is 0. The Bertz CT molecular complexity index is 574. The lowest BCUT2D eigenvalue weighted by Crippen LogP contribution is -2.07. The second-order valence-electron chi connectivity index (χ2n) is 3.05. The Morgan fingerprint density at radius 3 is 1.26 bits per heavy atom. The molecule has 13 nitrogen and oxygen atoms in total. The van der Waals surface area contributed by atoms with Crippen LogP contribution >= 0.6 is 0 Å². The lowest BCUT2D eigenvalue weighted by atomic mass is 10.1. The first-order valence-electron chi connectivity index (χ1n) is 4.22. The number of hydrogen-bond donors (Lipinski definition) is 1. The van der Waals surface area contributed by atoms with Gasteiger partial charge in [0.05, 0.1) is 19.7 Å². The summed E-state index contributed by atoms with van der Waals surface area (Å²) in [4.78, 5) is 37.2. The predicted octanol–water partition coefficient (Wildman–Crippen LogP) is 0.902. The van der Waals surface area contributed by atoms with Crippen LogP contribution in [0.25, 0.3) is 0 Å². The molecule has 1 aromatic rings. The quantitative estimate of drug-likeness (QED) is 0.469. The minimum absolute atomic E-state index is 0.132. The Morgan fingerprint density at radius 1 is 0.737 bits per heavy atom. The summed E-state index contributed by atoms with van der Waals surface area (Å²) >= 11 is 0. The van der Waals surface area contributed by atoms with Crippen LogP contribution in [0.5, 0.6) is 0 Å². The lowest BCUT2D eigenvalue weighted by molar-refractivity contribution is -0.433. The van der Waals surface area contributed by atoms with Crippen molar-refractivity contribution < 1.29 is 19.7 Å². The number of nitrogens with zero attached hydrogens (tertiary/aromatic N) is 4. The van der Waals surface area contributed by atoms with Crippen LogP contribution in [-0.4, -0.2) is 19.7 Å². The van der Waals surface area contributed by atoms with Gasteiger partial charge in [0.2, 0.25) is 5.69 Å². The van der Waals surface area contributed by atoms with Gasteiger partial charge in [0.15, 0.2) is 0 Å². The van der Waals surface area contributed by atoms with Crippen molar-refractivity contribution in [2.75, 3.05) is 5.73 Å². The van der Waals surface area contributed by atoms with Crippen LogP contribution in [0.4, 0.5) is 28.4 Å². The van der Waals surface area contributed by atoms with Crippen molar-refractivity contribution in [1.29, 1.82) is 0 Å². The van der Waals surface area contributed by atoms with Crippen LogP contribution in [0.1, 0.15) is 0 Å². The number of nitro groups is 4. The minimum Gasteiger partial charge on any atom is -0.387 e. The Kier molecular flexibility index (Phi) is 3.22. The molecule has 0 spiro atoms. The van der Waals surface area contributed by atoms with Crippen LogP contribution in [0.3, 0.4) is 0 Å². The Hall–Kier alpha value is -3.38. The normalized spacial score (nSPS) is 9.89. The Balaban J connectivity index is 3.91. The van der Waals surface area contributed by atoms with Gasteiger partial charge in [-0.25, -0.2) is 0 Å². The zero-order valence-corrected chi connectivity index (χ0v) is 8.71. The molecule has 0 aliphatic carbocycles. The molecule has 0 saturated heterocycles. The Morgan fingerprint density at radius 2 is 1.05 bits per heavy atom. The van der Waals surface area contributed by atoms with E-state index in [1.165, 1.54) is 0 Å². The molecule has 0 bridgehead atoms. The van der Waals surface area contributed by atoms with Crippen LogP contribution in [-0.2, 0) is 0 Å². The summed E-state index contributed by atoms with van der Waals surface area (Å²) in [6, 6.07) is 0.132. The highest BCUT2D eigenvalue weighted by Gasteiger charge is 2.41. The third-order valence-electron chi connectivity index (χ3n) is 2.03. The van der Waals surface area contributed by atoms with Crippen LogP contribution in [0.2, 0.25) is 0 Å². The maximum Gasteiger partial charge on any atom is 0.376 e. The predicted molar refractivity (Wildman–Crippen MR) is 57.5 cm³/mol. The molecule has 0 aliphatic heterocycles. The molecule has 100 valence electrons. The monoisotopic (exact) mass is 273 g/mol. The highest BCUT2D eigenvalue weighted by Crippen LogP contribution is 2.45. The molecule has 0 unspecified atom stereocenters. The van der Waals surface area contributed by atoms with Crippen molar-refractivity contribution in [2.45, 2.75) is 0 Å². The Labute approximate surface area is 101 Å². The molecular formula is C6H3N5O8. The zero-order chi connectivity index (χ0) is 14.9. The van der Waals surface area contributed by atoms with E-state index in [0.717, 1.165) is 0 Å². The zero-order valence-electron chi connectivity index (χ0n) is 8.71. The van der Waals surface area contributed by atoms with Crippen molar-refractivity contribution in [1.82, 2.24) is 0 Å². The third-order valence-corrected chi connectivity index (χ3v) is 2.03. The van der Waals surface area contributed by atoms with E-state index in [1.807, 2.05) is 0 Å². The molecule has 0 saturated carbocycles. The van der Waals surface area contributed by atoms with E-state index in [2.05, 4.69) is 0 Å². The van der Waals surface area contributed by atoms with Gasteiger partial charge in [-0.05, 0) is 0 Å². The van der Waals surface area contributed by atoms with Gasteiger partial charge in [-0.1, -0.05) is 0 Å². The van der Waals surface area contributed by atoms with E-state index >= 15 is 0 Å². The highest BCUT2D eigenvalue weighted by molar-refractivity contribution is 5.84. The fraction of sp³-hybridized carbons (Fsp3) is 0. The average Bonchev–Trinajstić information content (AvgIpc) is 2.25. The summed E-state index contributed by atoms with van der Waals surface area (Å²) in [5.41, 5.74) is -1.47. The first-order chi connectivity index (χ1) is 8.68. The summed E-state index contributed by atoms with van der Waals surface area (Å²) in [5, 5.41) is 42.4. The van der Waals surface area contributed by atoms with Gasteiger partial charge < -0.3 is 5.73 Å². The SMILES string of the molecule is Nc1c([N+](=O)[O-])c([N+](=O)[O-])cc([N+](=O)[O-])c1[N+](=O)[O-]. The van der Waals surface area contributed by atoms with Crippen molar-refractivity contribution >= 4 is 28.4 Å². The number of rotatable bonds is 4. The average molecular weight is 273 g/mol. The number of hydrogen-bond acceptors (Lipinski definition) is 9. The van der Waals surface area contributed by atoms with E-state index in [0.29, 0.717) is 0 Å². The number of benzene rings is 1. The molecule has 0 fully saturated rings. The van der Waals surface area contributed by atoms with Gasteiger partial charge in [-0.2, -0.15) is 0 Å². The fourth-order valence-corrected chi connectivity index (χ4v) is 1.32. The smallest absolute Gasteiger partial charge is 0.376 e. The summed E-state index contributed by atoms with van der Waals surface area (Å²) in [5.74, 6) is 0. The second kappa shape index (κ2) is 4.47. The molecule has 19 heavy (non-hydrogen) atoms. The number of nitrogens with two attached hydrogens (primary N) is 1. The van der Waals surface area contributed by atoms with Gasteiger partial charge in [0, 0.05) is 0 Å². The molecule has 13 heteroatoms. The fourth-order valence-electron chi connectivity index (χ4n) is 1.32. The summed E-state index contributed by atoms with van der Waals surface area (Å²) in [6.07, 6.45) is 0. The summed E-state index contributed by atoms with van der Waals surface area (Å²) in [7, 11) is 0. The second-order valence-corrected chi connectivity index (χ2v) is 3.05. The van der Waals surface area contributed by atoms with E-state index in [4.69, 9.17) is 5.73 Å². The van der Waals surface area contributed by atoms with Gasteiger partial charge in [-0.15, -0.1) is 0 Å². The minimum atomic E-state index is -1.36. The number of nitro benzene ring substituents is 4. The van der Waals surface area contributed by atoms with Crippen LogP contribution < -0.4 is 5.73 Å². The first kappa shape index (κ1) is 13.7. The van der Waals surface area contributed by atoms with Crippen molar-refractivity contribution in [3.05, 3.63) is 46.5 Å². The molecular weight excluding hydrogens is 270 g/mol. The molecule has 0 aromatic heterocycles. The van der Waals surface area contributed by atoms with Crippen molar-refractivity contribution in [3.63, 3.8) is 0 Å². The lowest BCUT2D eigenvalue weighted by Gasteiger charge is -2.01. The van der Waals surface area contributed by atoms with E-state index < -0.39 is 48.1 Å². The molecule has 0 heterocycles. The largest absolute Gasteiger partial charge is 0.387 e. The van der Waals surface area contributed by atoms with Gasteiger partial charge in [0.1, 0.15) is 6.07 Å². The van der Waals surface area contributed by atoms with Gasteiger partial charge in [-0.3, -0.25) is 40.5 Å². The molecule has 0 atom stereocenters. The van der Waals surface area contributed by atoms with Crippen molar-refractivity contribution in [3.8, 4) is 0 Å². The summed E-state index contributed by atoms with van der Waals surface area (Å²) in [6.45, 7) is 0. The van der Waals surface area contributed by atoms with Gasteiger partial charge >= 0.3 is 22.7 Å².